The second-order valence-electron chi connectivity index (χ2n) is 6.34. The van der Waals surface area contributed by atoms with E-state index < -0.39 is 17.7 Å². The molecule has 6 heteroatoms. The number of benzene rings is 1. The zero-order chi connectivity index (χ0) is 17.2. The van der Waals surface area contributed by atoms with Crippen LogP contribution in [0.1, 0.15) is 30.9 Å². The topological polar surface area (TPSA) is 23.6 Å². The van der Waals surface area contributed by atoms with Crippen molar-refractivity contribution in [2.45, 2.75) is 31.5 Å². The summed E-state index contributed by atoms with van der Waals surface area (Å²) in [5.41, 5.74) is -0.141. The van der Waals surface area contributed by atoms with Gasteiger partial charge in [0.15, 0.2) is 0 Å². The summed E-state index contributed by atoms with van der Waals surface area (Å²) < 4.78 is 39.3. The lowest BCUT2D eigenvalue weighted by Crippen LogP contribution is -2.45. The van der Waals surface area contributed by atoms with Crippen molar-refractivity contribution in [3.63, 3.8) is 0 Å². The average Bonchev–Trinajstić information content (AvgIpc) is 3.06. The Morgan fingerprint density at radius 3 is 2.33 bits per heavy atom. The quantitative estimate of drug-likeness (QED) is 0.838. The van der Waals surface area contributed by atoms with E-state index >= 15 is 0 Å². The minimum Gasteiger partial charge on any atom is -0.330 e. The van der Waals surface area contributed by atoms with Crippen LogP contribution in [0.5, 0.6) is 0 Å². The van der Waals surface area contributed by atoms with E-state index in [9.17, 15) is 18.0 Å². The normalized spacial score (nSPS) is 21.0. The molecule has 130 valence electrons. The van der Waals surface area contributed by atoms with Crippen LogP contribution >= 0.6 is 0 Å². The SMILES string of the molecule is O=C1C(C(F)(F)F)=CCCN1C(CN1CCCC1)c1ccccc1. The van der Waals surface area contributed by atoms with Gasteiger partial charge in [-0.1, -0.05) is 36.4 Å². The maximum absolute atomic E-state index is 13.1. The van der Waals surface area contributed by atoms with E-state index in [-0.39, 0.29) is 12.5 Å². The van der Waals surface area contributed by atoms with E-state index in [0.717, 1.165) is 37.6 Å². The van der Waals surface area contributed by atoms with Crippen LogP contribution in [0.15, 0.2) is 42.0 Å². The van der Waals surface area contributed by atoms with Gasteiger partial charge in [-0.25, -0.2) is 0 Å². The first-order chi connectivity index (χ1) is 11.5. The number of halogens is 3. The van der Waals surface area contributed by atoms with Crippen LogP contribution < -0.4 is 0 Å². The van der Waals surface area contributed by atoms with Gasteiger partial charge in [0.25, 0.3) is 5.91 Å². The molecule has 24 heavy (non-hydrogen) atoms. The summed E-state index contributed by atoms with van der Waals surface area (Å²) in [6.07, 6.45) is -1.13. The molecule has 1 atom stereocenters. The van der Waals surface area contributed by atoms with Gasteiger partial charge in [-0.2, -0.15) is 13.2 Å². The van der Waals surface area contributed by atoms with Crippen molar-refractivity contribution < 1.29 is 18.0 Å². The van der Waals surface area contributed by atoms with E-state index in [0.29, 0.717) is 13.1 Å². The molecule has 1 aromatic rings. The Labute approximate surface area is 139 Å². The molecule has 0 N–H and O–H groups in total. The summed E-state index contributed by atoms with van der Waals surface area (Å²) in [5, 5.41) is 0. The Morgan fingerprint density at radius 1 is 1.04 bits per heavy atom. The van der Waals surface area contributed by atoms with Gasteiger partial charge in [-0.3, -0.25) is 4.79 Å². The summed E-state index contributed by atoms with van der Waals surface area (Å²) >= 11 is 0. The van der Waals surface area contributed by atoms with Crippen molar-refractivity contribution in [1.29, 1.82) is 0 Å². The fraction of sp³-hybridized carbons (Fsp3) is 0.500. The van der Waals surface area contributed by atoms with E-state index in [4.69, 9.17) is 0 Å². The van der Waals surface area contributed by atoms with Gasteiger partial charge < -0.3 is 9.80 Å². The molecule has 2 heterocycles. The first-order valence-electron chi connectivity index (χ1n) is 8.32. The van der Waals surface area contributed by atoms with Crippen molar-refractivity contribution >= 4 is 5.91 Å². The molecule has 1 saturated heterocycles. The molecular weight excluding hydrogens is 317 g/mol. The van der Waals surface area contributed by atoms with Crippen LogP contribution in [0, 0.1) is 0 Å². The third-order valence-corrected chi connectivity index (χ3v) is 4.71. The molecule has 2 aliphatic rings. The maximum atomic E-state index is 13.1. The number of carbonyl (C=O) groups is 1. The predicted molar refractivity (Wildman–Crippen MR) is 85.3 cm³/mol. The molecule has 3 rings (SSSR count). The fourth-order valence-electron chi connectivity index (χ4n) is 3.49. The molecular formula is C18H21F3N2O. The van der Waals surface area contributed by atoms with E-state index in [1.54, 1.807) is 0 Å². The number of carbonyl (C=O) groups excluding carboxylic acids is 1. The zero-order valence-electron chi connectivity index (χ0n) is 13.4. The third kappa shape index (κ3) is 3.64. The Kier molecular flexibility index (Phi) is 4.94. The number of hydrogen-bond donors (Lipinski definition) is 0. The average molecular weight is 338 g/mol. The van der Waals surface area contributed by atoms with Crippen molar-refractivity contribution in [1.82, 2.24) is 9.80 Å². The van der Waals surface area contributed by atoms with Gasteiger partial charge in [0.1, 0.15) is 5.57 Å². The number of amides is 1. The second-order valence-corrected chi connectivity index (χ2v) is 6.34. The summed E-state index contributed by atoms with van der Waals surface area (Å²) in [7, 11) is 0. The highest BCUT2D eigenvalue weighted by atomic mass is 19.4. The van der Waals surface area contributed by atoms with Crippen LogP contribution in [-0.2, 0) is 4.79 Å². The minimum absolute atomic E-state index is 0.240. The van der Waals surface area contributed by atoms with E-state index in [2.05, 4.69) is 4.90 Å². The summed E-state index contributed by atoms with van der Waals surface area (Å²) in [6, 6.07) is 9.03. The van der Waals surface area contributed by atoms with Gasteiger partial charge >= 0.3 is 6.18 Å². The summed E-state index contributed by atoms with van der Waals surface area (Å²) in [5.74, 6) is -0.901. The molecule has 1 aromatic carbocycles. The Bertz CT molecular complexity index is 606. The highest BCUT2D eigenvalue weighted by Crippen LogP contribution is 2.34. The Hall–Kier alpha value is -1.82. The minimum atomic E-state index is -4.59. The molecule has 0 spiro atoms. The molecule has 0 saturated carbocycles. The van der Waals surface area contributed by atoms with Crippen LogP contribution in [0.4, 0.5) is 13.2 Å². The van der Waals surface area contributed by atoms with Gasteiger partial charge in [0.2, 0.25) is 0 Å². The Balaban J connectivity index is 1.87. The van der Waals surface area contributed by atoms with Gasteiger partial charge in [0, 0.05) is 13.1 Å². The molecule has 0 radical (unpaired) electrons. The monoisotopic (exact) mass is 338 g/mol. The Morgan fingerprint density at radius 2 is 1.71 bits per heavy atom. The largest absolute Gasteiger partial charge is 0.421 e. The number of likely N-dealkylation sites (tertiary alicyclic amines) is 1. The summed E-state index contributed by atoms with van der Waals surface area (Å²) in [4.78, 5) is 16.1. The smallest absolute Gasteiger partial charge is 0.330 e. The van der Waals surface area contributed by atoms with Gasteiger partial charge in [-0.05, 0) is 37.9 Å². The van der Waals surface area contributed by atoms with Crippen molar-refractivity contribution in [3.8, 4) is 0 Å². The lowest BCUT2D eigenvalue weighted by molar-refractivity contribution is -0.143. The highest BCUT2D eigenvalue weighted by molar-refractivity contribution is 5.95. The number of hydrogen-bond acceptors (Lipinski definition) is 2. The maximum Gasteiger partial charge on any atom is 0.421 e. The molecule has 1 unspecified atom stereocenters. The van der Waals surface area contributed by atoms with E-state index in [1.807, 2.05) is 30.3 Å². The van der Waals surface area contributed by atoms with E-state index in [1.165, 1.54) is 4.90 Å². The first-order valence-corrected chi connectivity index (χ1v) is 8.32. The first kappa shape index (κ1) is 17.0. The number of nitrogens with zero attached hydrogens (tertiary/aromatic N) is 2. The molecule has 2 aliphatic heterocycles. The number of rotatable bonds is 4. The van der Waals surface area contributed by atoms with Crippen LogP contribution in [0.25, 0.3) is 0 Å². The lowest BCUT2D eigenvalue weighted by Gasteiger charge is -2.37. The predicted octanol–water partition coefficient (Wildman–Crippen LogP) is 3.54. The van der Waals surface area contributed by atoms with Crippen molar-refractivity contribution in [3.05, 3.63) is 47.5 Å². The standard InChI is InChI=1S/C18H21F3N2O/c19-18(20,21)15-9-6-12-23(17(15)24)16(13-22-10-4-5-11-22)14-7-2-1-3-8-14/h1-3,7-9,16H,4-6,10-13H2. The zero-order valence-corrected chi connectivity index (χ0v) is 13.4. The van der Waals surface area contributed by atoms with Crippen molar-refractivity contribution in [2.75, 3.05) is 26.2 Å². The fourth-order valence-corrected chi connectivity index (χ4v) is 3.49. The van der Waals surface area contributed by atoms with Crippen LogP contribution in [0.2, 0.25) is 0 Å². The third-order valence-electron chi connectivity index (χ3n) is 4.71. The van der Waals surface area contributed by atoms with Gasteiger partial charge in [0.05, 0.1) is 6.04 Å². The van der Waals surface area contributed by atoms with Gasteiger partial charge in [-0.15, -0.1) is 0 Å². The molecule has 1 fully saturated rings. The summed E-state index contributed by atoms with van der Waals surface area (Å²) in [6.45, 7) is 2.79. The molecule has 3 nitrogen and oxygen atoms in total. The lowest BCUT2D eigenvalue weighted by atomic mass is 10.00. The van der Waals surface area contributed by atoms with Crippen LogP contribution in [0.3, 0.4) is 0 Å². The molecule has 0 bridgehead atoms. The molecule has 0 aromatic heterocycles. The second kappa shape index (κ2) is 6.97. The molecule has 1 amide bonds. The van der Waals surface area contributed by atoms with Crippen LogP contribution in [-0.4, -0.2) is 48.1 Å². The van der Waals surface area contributed by atoms with Crippen molar-refractivity contribution in [2.24, 2.45) is 0 Å². The molecule has 0 aliphatic carbocycles. The highest BCUT2D eigenvalue weighted by Gasteiger charge is 2.43. The number of alkyl halides is 3.